The van der Waals surface area contributed by atoms with Crippen molar-refractivity contribution in [2.45, 2.75) is 75.9 Å². The van der Waals surface area contributed by atoms with Crippen molar-refractivity contribution in [1.29, 1.82) is 0 Å². The van der Waals surface area contributed by atoms with Crippen LogP contribution in [-0.2, 0) is 4.79 Å². The third-order valence-corrected chi connectivity index (χ3v) is 8.16. The number of rotatable bonds is 7. The third kappa shape index (κ3) is 4.35. The van der Waals surface area contributed by atoms with E-state index < -0.39 is 23.4 Å². The molecular formula is C28H36N4O5. The summed E-state index contributed by atoms with van der Waals surface area (Å²) in [6, 6.07) is 12.3. The van der Waals surface area contributed by atoms with Crippen molar-refractivity contribution in [2.75, 3.05) is 13.2 Å². The van der Waals surface area contributed by atoms with Crippen molar-refractivity contribution in [2.24, 2.45) is 10.7 Å². The summed E-state index contributed by atoms with van der Waals surface area (Å²) in [6.07, 6.45) is 1.32. The van der Waals surface area contributed by atoms with Crippen LogP contribution in [0.1, 0.15) is 81.5 Å². The van der Waals surface area contributed by atoms with Crippen molar-refractivity contribution >= 4 is 11.9 Å². The van der Waals surface area contributed by atoms with Crippen LogP contribution < -0.4 is 20.5 Å². The van der Waals surface area contributed by atoms with Gasteiger partial charge in [0.25, 0.3) is 0 Å². The Labute approximate surface area is 217 Å². The number of para-hydroxylation sites is 1. The molecule has 37 heavy (non-hydrogen) atoms. The number of aliphatic imine (C=N–C) groups is 1. The van der Waals surface area contributed by atoms with E-state index in [9.17, 15) is 15.0 Å². The molecule has 4 atom stereocenters. The van der Waals surface area contributed by atoms with E-state index in [1.807, 2.05) is 57.2 Å². The molecule has 2 aromatic carbocycles. The van der Waals surface area contributed by atoms with E-state index >= 15 is 0 Å². The number of guanidine groups is 1. The summed E-state index contributed by atoms with van der Waals surface area (Å²) in [5, 5.41) is 24.6. The number of nitrogens with two attached hydrogens (primary N) is 1. The molecule has 0 fully saturated rings. The number of nitrogens with zero attached hydrogens (tertiary/aromatic N) is 2. The zero-order valence-electron chi connectivity index (χ0n) is 21.6. The highest BCUT2D eigenvalue weighted by Crippen LogP contribution is 2.45. The Morgan fingerprint density at radius 2 is 1.95 bits per heavy atom. The number of hydrogen-bond donors (Lipinski definition) is 4. The van der Waals surface area contributed by atoms with Gasteiger partial charge < -0.3 is 25.4 Å². The standard InChI is InChI=1S/C28H36N4O5/c1-4-28(5-2)15-23(34)32(26(29)31-28)20-12-13-36-21-11-10-17(14-19(20)21)25(35)30-24-18-8-6-7-9-22(18)37-27(24,3)16-33/h6-11,14,20,24-25,30,33,35H,4-5,12-13,15-16H2,1-3H3,(H2,29,31)/t20-,24?,25?,27?/m1/s1. The Morgan fingerprint density at radius 3 is 2.65 bits per heavy atom. The van der Waals surface area contributed by atoms with Gasteiger partial charge in [-0.15, -0.1) is 0 Å². The third-order valence-electron chi connectivity index (χ3n) is 8.16. The molecule has 2 aromatic rings. The first-order chi connectivity index (χ1) is 17.7. The summed E-state index contributed by atoms with van der Waals surface area (Å²) in [5.41, 5.74) is 7.27. The molecule has 0 bridgehead atoms. The number of amides is 1. The monoisotopic (exact) mass is 508 g/mol. The van der Waals surface area contributed by atoms with Crippen molar-refractivity contribution in [3.05, 3.63) is 59.2 Å². The van der Waals surface area contributed by atoms with E-state index in [1.165, 1.54) is 0 Å². The van der Waals surface area contributed by atoms with Crippen LogP contribution in [0.4, 0.5) is 0 Å². The summed E-state index contributed by atoms with van der Waals surface area (Å²) in [7, 11) is 0. The second kappa shape index (κ2) is 9.63. The SMILES string of the molecule is CCC1(CC)CC(=O)N([C@@H]2CCOc3ccc(C(O)NC4c5ccccc5OC4(C)CO)cc32)C(N)=N1. The second-order valence-corrected chi connectivity index (χ2v) is 10.4. The fourth-order valence-corrected chi connectivity index (χ4v) is 5.75. The Hall–Kier alpha value is -3.14. The van der Waals surface area contributed by atoms with E-state index in [1.54, 1.807) is 11.0 Å². The minimum Gasteiger partial charge on any atom is -0.493 e. The van der Waals surface area contributed by atoms with Crippen molar-refractivity contribution in [3.8, 4) is 11.5 Å². The molecule has 3 unspecified atom stereocenters. The number of benzene rings is 2. The van der Waals surface area contributed by atoms with E-state index in [0.29, 0.717) is 36.5 Å². The van der Waals surface area contributed by atoms with E-state index in [-0.39, 0.29) is 24.5 Å². The lowest BCUT2D eigenvalue weighted by Crippen LogP contribution is -2.53. The van der Waals surface area contributed by atoms with Crippen LogP contribution >= 0.6 is 0 Å². The van der Waals surface area contributed by atoms with Gasteiger partial charge in [-0.05, 0) is 43.5 Å². The van der Waals surface area contributed by atoms with Gasteiger partial charge >= 0.3 is 0 Å². The average Bonchev–Trinajstić information content (AvgIpc) is 3.19. The molecular weight excluding hydrogens is 472 g/mol. The number of fused-ring (bicyclic) bond motifs is 2. The first kappa shape index (κ1) is 25.5. The zero-order valence-corrected chi connectivity index (χ0v) is 21.6. The molecule has 5 N–H and O–H groups in total. The molecule has 1 amide bonds. The summed E-state index contributed by atoms with van der Waals surface area (Å²) in [4.78, 5) is 19.7. The minimum absolute atomic E-state index is 0.0449. The molecule has 0 saturated carbocycles. The van der Waals surface area contributed by atoms with Crippen LogP contribution in [0.3, 0.4) is 0 Å². The zero-order chi connectivity index (χ0) is 26.4. The lowest BCUT2D eigenvalue weighted by atomic mass is 9.86. The van der Waals surface area contributed by atoms with Gasteiger partial charge in [0, 0.05) is 17.5 Å². The highest BCUT2D eigenvalue weighted by molar-refractivity contribution is 5.99. The number of carbonyl (C=O) groups excluding carboxylic acids is 1. The summed E-state index contributed by atoms with van der Waals surface area (Å²) in [5.74, 6) is 1.53. The lowest BCUT2D eigenvalue weighted by molar-refractivity contribution is -0.132. The van der Waals surface area contributed by atoms with Crippen LogP contribution in [0.5, 0.6) is 11.5 Å². The number of carbonyl (C=O) groups is 1. The fraction of sp³-hybridized carbons (Fsp3) is 0.500. The Kier molecular flexibility index (Phi) is 6.64. The first-order valence-electron chi connectivity index (χ1n) is 13.0. The fourth-order valence-electron chi connectivity index (χ4n) is 5.75. The number of aliphatic hydroxyl groups is 2. The Bertz CT molecular complexity index is 1210. The number of aliphatic hydroxyl groups excluding tert-OH is 2. The van der Waals surface area contributed by atoms with Crippen LogP contribution in [0.15, 0.2) is 47.5 Å². The van der Waals surface area contributed by atoms with Gasteiger partial charge in [0.2, 0.25) is 5.91 Å². The van der Waals surface area contributed by atoms with E-state index in [0.717, 1.165) is 24.0 Å². The maximum absolute atomic E-state index is 13.3. The van der Waals surface area contributed by atoms with Gasteiger partial charge in [-0.3, -0.25) is 15.0 Å². The maximum atomic E-state index is 13.3. The molecule has 0 aliphatic carbocycles. The Balaban J connectivity index is 1.44. The van der Waals surface area contributed by atoms with Crippen molar-refractivity contribution < 1.29 is 24.5 Å². The average molecular weight is 509 g/mol. The quantitative estimate of drug-likeness (QED) is 0.423. The molecule has 198 valence electrons. The molecule has 0 spiro atoms. The molecule has 3 aliphatic rings. The second-order valence-electron chi connectivity index (χ2n) is 10.4. The summed E-state index contributed by atoms with van der Waals surface area (Å²) >= 11 is 0. The normalized spacial score (nSPS) is 27.0. The van der Waals surface area contributed by atoms with Gasteiger partial charge in [0.05, 0.1) is 37.3 Å². The minimum atomic E-state index is -1.06. The largest absolute Gasteiger partial charge is 0.493 e. The van der Waals surface area contributed by atoms with Crippen LogP contribution in [0, 0.1) is 0 Å². The van der Waals surface area contributed by atoms with Crippen LogP contribution in [0.25, 0.3) is 0 Å². The number of nitrogens with one attached hydrogen (secondary N) is 1. The van der Waals surface area contributed by atoms with Crippen molar-refractivity contribution in [3.63, 3.8) is 0 Å². The van der Waals surface area contributed by atoms with Crippen molar-refractivity contribution in [1.82, 2.24) is 10.2 Å². The van der Waals surface area contributed by atoms with E-state index in [2.05, 4.69) is 5.32 Å². The summed E-state index contributed by atoms with van der Waals surface area (Å²) in [6.45, 7) is 6.10. The number of ether oxygens (including phenoxy) is 2. The lowest BCUT2D eigenvalue weighted by Gasteiger charge is -2.41. The smallest absolute Gasteiger partial charge is 0.232 e. The highest BCUT2D eigenvalue weighted by atomic mass is 16.5. The molecule has 0 saturated heterocycles. The van der Waals surface area contributed by atoms with E-state index in [4.69, 9.17) is 20.2 Å². The van der Waals surface area contributed by atoms with Gasteiger partial charge in [0.1, 0.15) is 23.3 Å². The maximum Gasteiger partial charge on any atom is 0.232 e. The van der Waals surface area contributed by atoms with Crippen LogP contribution in [0.2, 0.25) is 0 Å². The molecule has 9 nitrogen and oxygen atoms in total. The van der Waals surface area contributed by atoms with Gasteiger partial charge in [0.15, 0.2) is 5.96 Å². The predicted molar refractivity (Wildman–Crippen MR) is 139 cm³/mol. The van der Waals surface area contributed by atoms with Gasteiger partial charge in [-0.25, -0.2) is 4.99 Å². The van der Waals surface area contributed by atoms with Gasteiger partial charge in [-0.2, -0.15) is 0 Å². The molecule has 3 aliphatic heterocycles. The molecule has 5 rings (SSSR count). The molecule has 9 heteroatoms. The summed E-state index contributed by atoms with van der Waals surface area (Å²) < 4.78 is 11.9. The van der Waals surface area contributed by atoms with Crippen LogP contribution in [-0.4, -0.2) is 51.3 Å². The molecule has 0 aromatic heterocycles. The topological polar surface area (TPSA) is 130 Å². The molecule has 0 radical (unpaired) electrons. The number of hydrogen-bond acceptors (Lipinski definition) is 8. The highest BCUT2D eigenvalue weighted by Gasteiger charge is 2.46. The molecule has 3 heterocycles. The first-order valence-corrected chi connectivity index (χ1v) is 13.0. The van der Waals surface area contributed by atoms with Gasteiger partial charge in [-0.1, -0.05) is 38.1 Å². The Morgan fingerprint density at radius 1 is 1.19 bits per heavy atom. The predicted octanol–water partition coefficient (Wildman–Crippen LogP) is 3.08.